The molecule has 0 aliphatic heterocycles. The average Bonchev–Trinajstić information content (AvgIpc) is 3.14. The summed E-state index contributed by atoms with van der Waals surface area (Å²) in [6.45, 7) is 4.23. The minimum Gasteiger partial charge on any atom is -0.406 e. The highest BCUT2D eigenvalue weighted by Crippen LogP contribution is 2.28. The molecule has 0 amide bonds. The molecular formula is C26H24F3N5OS. The Morgan fingerprint density at radius 1 is 1.08 bits per heavy atom. The molecule has 0 radical (unpaired) electrons. The zero-order chi connectivity index (χ0) is 25.9. The molecule has 1 aromatic heterocycles. The lowest BCUT2D eigenvalue weighted by atomic mass is 10.0. The third-order valence-electron chi connectivity index (χ3n) is 5.46. The minimum atomic E-state index is -4.73. The van der Waals surface area contributed by atoms with Crippen molar-refractivity contribution in [2.45, 2.75) is 26.1 Å². The van der Waals surface area contributed by atoms with Gasteiger partial charge in [-0.3, -0.25) is 5.43 Å². The van der Waals surface area contributed by atoms with E-state index < -0.39 is 6.36 Å². The van der Waals surface area contributed by atoms with Crippen molar-refractivity contribution in [2.24, 2.45) is 12.1 Å². The maximum Gasteiger partial charge on any atom is 0.573 e. The van der Waals surface area contributed by atoms with Crippen LogP contribution in [-0.2, 0) is 7.05 Å². The van der Waals surface area contributed by atoms with Gasteiger partial charge in [-0.2, -0.15) is 5.10 Å². The summed E-state index contributed by atoms with van der Waals surface area (Å²) in [6, 6.07) is 19.2. The highest BCUT2D eigenvalue weighted by Gasteiger charge is 2.31. The maximum absolute atomic E-state index is 12.4. The Hall–Kier alpha value is -3.92. The van der Waals surface area contributed by atoms with Gasteiger partial charge in [-0.25, -0.2) is 4.98 Å². The van der Waals surface area contributed by atoms with Gasteiger partial charge >= 0.3 is 6.36 Å². The Morgan fingerprint density at radius 3 is 2.50 bits per heavy atom. The lowest BCUT2D eigenvalue weighted by Gasteiger charge is -2.14. The first-order valence-electron chi connectivity index (χ1n) is 11.1. The second kappa shape index (κ2) is 10.4. The van der Waals surface area contributed by atoms with Crippen LogP contribution in [0.4, 0.5) is 18.9 Å². The highest BCUT2D eigenvalue weighted by atomic mass is 32.1. The largest absolute Gasteiger partial charge is 0.573 e. The van der Waals surface area contributed by atoms with Crippen LogP contribution in [0.3, 0.4) is 0 Å². The fraction of sp³-hybridized carbons (Fsp3) is 0.192. The summed E-state index contributed by atoms with van der Waals surface area (Å²) in [6.07, 6.45) is -3.09. The predicted octanol–water partition coefficient (Wildman–Crippen LogP) is 6.58. The molecule has 0 atom stereocenters. The van der Waals surface area contributed by atoms with Gasteiger partial charge in [0.25, 0.3) is 0 Å². The monoisotopic (exact) mass is 511 g/mol. The van der Waals surface area contributed by atoms with E-state index >= 15 is 0 Å². The lowest BCUT2D eigenvalue weighted by molar-refractivity contribution is -0.274. The van der Waals surface area contributed by atoms with Crippen molar-refractivity contribution in [2.75, 3.05) is 5.32 Å². The van der Waals surface area contributed by atoms with Gasteiger partial charge in [0, 0.05) is 18.3 Å². The van der Waals surface area contributed by atoms with E-state index in [-0.39, 0.29) is 5.75 Å². The van der Waals surface area contributed by atoms with Crippen LogP contribution in [0.5, 0.6) is 5.75 Å². The van der Waals surface area contributed by atoms with Crippen molar-refractivity contribution in [3.8, 4) is 17.1 Å². The second-order valence-corrected chi connectivity index (χ2v) is 8.79. The molecule has 186 valence electrons. The molecule has 3 aromatic carbocycles. The number of hydrogen-bond donors (Lipinski definition) is 2. The molecule has 0 aliphatic rings. The van der Waals surface area contributed by atoms with Gasteiger partial charge in [-0.15, -0.1) is 13.2 Å². The number of para-hydroxylation sites is 1. The number of imidazole rings is 1. The van der Waals surface area contributed by atoms with Crippen LogP contribution in [-0.4, -0.2) is 27.2 Å². The minimum absolute atomic E-state index is 0.281. The van der Waals surface area contributed by atoms with Crippen molar-refractivity contribution in [3.63, 3.8) is 0 Å². The number of nitrogens with zero attached hydrogens (tertiary/aromatic N) is 3. The number of fused-ring (bicyclic) bond motifs is 1. The summed E-state index contributed by atoms with van der Waals surface area (Å²) in [5.74, 6) is 0.683. The number of benzene rings is 3. The van der Waals surface area contributed by atoms with Crippen LogP contribution >= 0.6 is 12.2 Å². The van der Waals surface area contributed by atoms with Crippen molar-refractivity contribution in [3.05, 3.63) is 77.9 Å². The molecule has 0 aliphatic carbocycles. The molecule has 0 saturated heterocycles. The van der Waals surface area contributed by atoms with E-state index in [1.54, 1.807) is 18.3 Å². The van der Waals surface area contributed by atoms with Crippen LogP contribution in [0.15, 0.2) is 71.8 Å². The highest BCUT2D eigenvalue weighted by molar-refractivity contribution is 7.80. The van der Waals surface area contributed by atoms with E-state index in [1.807, 2.05) is 48.0 Å². The molecule has 0 saturated carbocycles. The zero-order valence-electron chi connectivity index (χ0n) is 19.8. The zero-order valence-corrected chi connectivity index (χ0v) is 20.6. The smallest absolute Gasteiger partial charge is 0.406 e. The SMILES string of the molecule is CC(C)c1ccccc1NC(=S)N/N=C/c1ccc2c(c1)nc(-c1ccc(OC(F)(F)F)cc1)n2C. The molecule has 0 unspecified atom stereocenters. The Kier molecular flexibility index (Phi) is 7.25. The number of thiocarbonyl (C=S) groups is 1. The van der Waals surface area contributed by atoms with Gasteiger partial charge in [0.2, 0.25) is 0 Å². The van der Waals surface area contributed by atoms with Gasteiger partial charge in [0.15, 0.2) is 5.11 Å². The molecule has 0 bridgehead atoms. The first kappa shape index (κ1) is 25.2. The third-order valence-corrected chi connectivity index (χ3v) is 5.66. The number of hydrogen-bond acceptors (Lipinski definition) is 4. The number of hydrazone groups is 1. The average molecular weight is 512 g/mol. The molecule has 2 N–H and O–H groups in total. The molecule has 0 spiro atoms. The quantitative estimate of drug-likeness (QED) is 0.174. The number of nitrogens with one attached hydrogen (secondary N) is 2. The van der Waals surface area contributed by atoms with Crippen LogP contribution in [0.1, 0.15) is 30.9 Å². The van der Waals surface area contributed by atoms with Crippen LogP contribution < -0.4 is 15.5 Å². The van der Waals surface area contributed by atoms with Crippen molar-refractivity contribution >= 4 is 40.3 Å². The molecule has 6 nitrogen and oxygen atoms in total. The van der Waals surface area contributed by atoms with Crippen LogP contribution in [0.25, 0.3) is 22.4 Å². The van der Waals surface area contributed by atoms with Gasteiger partial charge < -0.3 is 14.6 Å². The van der Waals surface area contributed by atoms with Crippen molar-refractivity contribution < 1.29 is 17.9 Å². The predicted molar refractivity (Wildman–Crippen MR) is 140 cm³/mol. The topological polar surface area (TPSA) is 63.5 Å². The number of halogens is 3. The summed E-state index contributed by atoms with van der Waals surface area (Å²) >= 11 is 5.36. The van der Waals surface area contributed by atoms with E-state index in [0.717, 1.165) is 27.8 Å². The summed E-state index contributed by atoms with van der Waals surface area (Å²) in [7, 11) is 1.85. The molecule has 4 aromatic rings. The summed E-state index contributed by atoms with van der Waals surface area (Å²) in [4.78, 5) is 4.65. The van der Waals surface area contributed by atoms with Crippen LogP contribution in [0, 0.1) is 0 Å². The Bertz CT molecular complexity index is 1410. The maximum atomic E-state index is 12.4. The van der Waals surface area contributed by atoms with Gasteiger partial charge in [0.05, 0.1) is 17.2 Å². The van der Waals surface area contributed by atoms with Gasteiger partial charge in [-0.1, -0.05) is 38.1 Å². The fourth-order valence-corrected chi connectivity index (χ4v) is 3.95. The molecule has 36 heavy (non-hydrogen) atoms. The fourth-order valence-electron chi connectivity index (χ4n) is 3.79. The first-order valence-corrected chi connectivity index (χ1v) is 11.5. The standard InChI is InChI=1S/C26H24F3N5OS/c1-16(2)20-6-4-5-7-21(20)32-25(36)33-30-15-17-8-13-23-22(14-17)31-24(34(23)3)18-9-11-19(12-10-18)35-26(27,28)29/h4-16H,1-3H3,(H2,32,33,36)/b30-15+. The second-order valence-electron chi connectivity index (χ2n) is 8.38. The third kappa shape index (κ3) is 6.01. The van der Waals surface area contributed by atoms with Crippen LogP contribution in [0.2, 0.25) is 0 Å². The molecule has 0 fully saturated rings. The normalized spacial score (nSPS) is 11.9. The number of aromatic nitrogens is 2. The molecule has 10 heteroatoms. The number of ether oxygens (including phenoxy) is 1. The van der Waals surface area contributed by atoms with E-state index in [4.69, 9.17) is 12.2 Å². The van der Waals surface area contributed by atoms with Gasteiger partial charge in [-0.05, 0) is 71.7 Å². The van der Waals surface area contributed by atoms with E-state index in [0.29, 0.717) is 22.4 Å². The lowest BCUT2D eigenvalue weighted by Crippen LogP contribution is -2.24. The summed E-state index contributed by atoms with van der Waals surface area (Å²) in [5, 5.41) is 7.77. The summed E-state index contributed by atoms with van der Waals surface area (Å²) in [5.41, 5.74) is 7.98. The van der Waals surface area contributed by atoms with E-state index in [2.05, 4.69) is 45.5 Å². The number of alkyl halides is 3. The Morgan fingerprint density at radius 2 is 1.81 bits per heavy atom. The number of rotatable bonds is 6. The molecule has 1 heterocycles. The Labute approximate surface area is 211 Å². The number of anilines is 1. The van der Waals surface area contributed by atoms with E-state index in [1.165, 1.54) is 12.1 Å². The van der Waals surface area contributed by atoms with Crippen molar-refractivity contribution in [1.29, 1.82) is 0 Å². The Balaban J connectivity index is 1.46. The summed E-state index contributed by atoms with van der Waals surface area (Å²) < 4.78 is 43.1. The van der Waals surface area contributed by atoms with E-state index in [9.17, 15) is 13.2 Å². The molecular weight excluding hydrogens is 487 g/mol. The first-order chi connectivity index (χ1) is 17.1. The van der Waals surface area contributed by atoms with Crippen molar-refractivity contribution in [1.82, 2.24) is 15.0 Å². The number of aryl methyl sites for hydroxylation is 1. The van der Waals surface area contributed by atoms with Gasteiger partial charge in [0.1, 0.15) is 11.6 Å². The molecule has 4 rings (SSSR count).